The summed E-state index contributed by atoms with van der Waals surface area (Å²) in [4.78, 5) is 2.43. The van der Waals surface area contributed by atoms with Gasteiger partial charge in [-0.2, -0.15) is 0 Å². The quantitative estimate of drug-likeness (QED) is 0.904. The van der Waals surface area contributed by atoms with Crippen molar-refractivity contribution < 1.29 is 9.47 Å². The van der Waals surface area contributed by atoms with E-state index in [-0.39, 0.29) is 0 Å². The molecule has 0 aromatic heterocycles. The monoisotopic (exact) mass is 264 g/mol. The van der Waals surface area contributed by atoms with Crippen LogP contribution in [0.1, 0.15) is 19.8 Å². The second kappa shape index (κ2) is 6.66. The molecule has 1 atom stereocenters. The van der Waals surface area contributed by atoms with Crippen LogP contribution in [0.3, 0.4) is 0 Å². The summed E-state index contributed by atoms with van der Waals surface area (Å²) in [5, 5.41) is 3.58. The van der Waals surface area contributed by atoms with Crippen LogP contribution in [0.4, 0.5) is 5.69 Å². The van der Waals surface area contributed by atoms with Crippen molar-refractivity contribution in [3.63, 3.8) is 0 Å². The summed E-state index contributed by atoms with van der Waals surface area (Å²) in [5.41, 5.74) is 1.21. The normalized spacial score (nSPS) is 19.9. The Bertz CT molecular complexity index is 409. The zero-order valence-electron chi connectivity index (χ0n) is 12.1. The first kappa shape index (κ1) is 14.0. The molecule has 0 aliphatic carbocycles. The Labute approximate surface area is 115 Å². The molecule has 0 saturated carbocycles. The summed E-state index contributed by atoms with van der Waals surface area (Å²) >= 11 is 0. The molecule has 19 heavy (non-hydrogen) atoms. The average molecular weight is 264 g/mol. The van der Waals surface area contributed by atoms with E-state index < -0.39 is 0 Å². The maximum Gasteiger partial charge on any atom is 0.162 e. The van der Waals surface area contributed by atoms with Crippen molar-refractivity contribution in [2.75, 3.05) is 38.8 Å². The van der Waals surface area contributed by atoms with Gasteiger partial charge in [0.1, 0.15) is 0 Å². The van der Waals surface area contributed by atoms with Gasteiger partial charge in [0.25, 0.3) is 0 Å². The van der Waals surface area contributed by atoms with Crippen LogP contribution in [0, 0.1) is 0 Å². The number of benzene rings is 1. The Kier molecular flexibility index (Phi) is 4.91. The number of rotatable bonds is 4. The molecule has 1 aliphatic rings. The maximum atomic E-state index is 5.38. The fourth-order valence-electron chi connectivity index (χ4n) is 2.53. The van der Waals surface area contributed by atoms with Crippen LogP contribution < -0.4 is 19.7 Å². The molecule has 4 nitrogen and oxygen atoms in total. The van der Waals surface area contributed by atoms with Gasteiger partial charge in [-0.3, -0.25) is 0 Å². The summed E-state index contributed by atoms with van der Waals surface area (Å²) in [5.74, 6) is 1.58. The van der Waals surface area contributed by atoms with Crippen molar-refractivity contribution in [3.05, 3.63) is 18.2 Å². The van der Waals surface area contributed by atoms with Gasteiger partial charge < -0.3 is 19.7 Å². The van der Waals surface area contributed by atoms with Crippen molar-refractivity contribution in [2.45, 2.75) is 25.8 Å². The average Bonchev–Trinajstić information content (AvgIpc) is 2.72. The van der Waals surface area contributed by atoms with Crippen LogP contribution in [0.25, 0.3) is 0 Å². The van der Waals surface area contributed by atoms with Crippen LogP contribution >= 0.6 is 0 Å². The first-order valence-electron chi connectivity index (χ1n) is 6.98. The summed E-state index contributed by atoms with van der Waals surface area (Å²) in [6.45, 7) is 5.46. The topological polar surface area (TPSA) is 33.7 Å². The van der Waals surface area contributed by atoms with Crippen molar-refractivity contribution in [3.8, 4) is 11.5 Å². The minimum atomic E-state index is 0.565. The number of hydrogen-bond donors (Lipinski definition) is 1. The predicted molar refractivity (Wildman–Crippen MR) is 78.5 cm³/mol. The van der Waals surface area contributed by atoms with E-state index in [0.29, 0.717) is 6.04 Å². The predicted octanol–water partition coefficient (Wildman–Crippen LogP) is 2.28. The molecule has 1 unspecified atom stereocenters. The van der Waals surface area contributed by atoms with E-state index in [9.17, 15) is 0 Å². The zero-order chi connectivity index (χ0) is 13.7. The van der Waals surface area contributed by atoms with Gasteiger partial charge in [-0.25, -0.2) is 0 Å². The van der Waals surface area contributed by atoms with Gasteiger partial charge in [0.2, 0.25) is 0 Å². The van der Waals surface area contributed by atoms with Gasteiger partial charge >= 0.3 is 0 Å². The molecule has 1 aliphatic heterocycles. The van der Waals surface area contributed by atoms with Gasteiger partial charge in [0.15, 0.2) is 11.5 Å². The van der Waals surface area contributed by atoms with E-state index >= 15 is 0 Å². The summed E-state index contributed by atoms with van der Waals surface area (Å²) in [6.07, 6.45) is 2.33. The summed E-state index contributed by atoms with van der Waals surface area (Å²) < 4.78 is 10.7. The van der Waals surface area contributed by atoms with Gasteiger partial charge in [-0.15, -0.1) is 0 Å². The van der Waals surface area contributed by atoms with Crippen molar-refractivity contribution in [2.24, 2.45) is 0 Å². The molecule has 1 aromatic carbocycles. The van der Waals surface area contributed by atoms with Crippen LogP contribution in [0.2, 0.25) is 0 Å². The molecule has 1 saturated heterocycles. The molecule has 0 amide bonds. The maximum absolute atomic E-state index is 5.38. The first-order valence-corrected chi connectivity index (χ1v) is 6.98. The molecule has 1 heterocycles. The Balaban J connectivity index is 2.19. The fourth-order valence-corrected chi connectivity index (χ4v) is 2.53. The van der Waals surface area contributed by atoms with E-state index in [0.717, 1.165) is 37.6 Å². The number of nitrogens with zero attached hydrogens (tertiary/aromatic N) is 1. The highest BCUT2D eigenvalue weighted by Crippen LogP contribution is 2.31. The van der Waals surface area contributed by atoms with E-state index in [1.165, 1.54) is 12.1 Å². The largest absolute Gasteiger partial charge is 0.493 e. The number of ether oxygens (including phenoxy) is 2. The van der Waals surface area contributed by atoms with Crippen LogP contribution in [-0.4, -0.2) is 39.9 Å². The number of anilines is 1. The van der Waals surface area contributed by atoms with E-state index in [1.807, 2.05) is 6.07 Å². The number of hydrogen-bond acceptors (Lipinski definition) is 4. The SMILES string of the molecule is CCC1CN(c2ccc(OC)c(OC)c2)CCCN1. The second-order valence-electron chi connectivity index (χ2n) is 4.90. The summed E-state index contributed by atoms with van der Waals surface area (Å²) in [7, 11) is 3.35. The molecule has 4 heteroatoms. The molecule has 0 spiro atoms. The number of methoxy groups -OCH3 is 2. The van der Waals surface area contributed by atoms with Gasteiger partial charge in [0.05, 0.1) is 14.2 Å². The summed E-state index contributed by atoms with van der Waals surface area (Å²) in [6, 6.07) is 6.72. The van der Waals surface area contributed by atoms with Crippen molar-refractivity contribution >= 4 is 5.69 Å². The second-order valence-corrected chi connectivity index (χ2v) is 4.90. The molecular formula is C15H24N2O2. The minimum absolute atomic E-state index is 0.565. The molecule has 1 aromatic rings. The lowest BCUT2D eigenvalue weighted by Gasteiger charge is -2.26. The molecule has 106 valence electrons. The number of nitrogens with one attached hydrogen (secondary N) is 1. The Hall–Kier alpha value is -1.42. The standard InChI is InChI=1S/C15H24N2O2/c1-4-12-11-17(9-5-8-16-12)13-6-7-14(18-2)15(10-13)19-3/h6-7,10,12,16H,4-5,8-9,11H2,1-3H3. The van der Waals surface area contributed by atoms with Crippen LogP contribution in [-0.2, 0) is 0 Å². The third kappa shape index (κ3) is 3.32. The van der Waals surface area contributed by atoms with Crippen molar-refractivity contribution in [1.82, 2.24) is 5.32 Å². The van der Waals surface area contributed by atoms with E-state index in [4.69, 9.17) is 9.47 Å². The van der Waals surface area contributed by atoms with E-state index in [1.54, 1.807) is 14.2 Å². The molecular weight excluding hydrogens is 240 g/mol. The van der Waals surface area contributed by atoms with Gasteiger partial charge in [-0.05, 0) is 31.5 Å². The van der Waals surface area contributed by atoms with Crippen LogP contribution in [0.15, 0.2) is 18.2 Å². The highest BCUT2D eigenvalue weighted by atomic mass is 16.5. The lowest BCUT2D eigenvalue weighted by molar-refractivity contribution is 0.355. The lowest BCUT2D eigenvalue weighted by atomic mass is 10.2. The van der Waals surface area contributed by atoms with E-state index in [2.05, 4.69) is 29.3 Å². The van der Waals surface area contributed by atoms with Gasteiger partial charge in [0, 0.05) is 30.9 Å². The third-order valence-electron chi connectivity index (χ3n) is 3.70. The molecule has 1 N–H and O–H groups in total. The molecule has 2 rings (SSSR count). The molecule has 0 radical (unpaired) electrons. The highest BCUT2D eigenvalue weighted by Gasteiger charge is 2.17. The molecule has 1 fully saturated rings. The smallest absolute Gasteiger partial charge is 0.162 e. The van der Waals surface area contributed by atoms with Crippen LogP contribution in [0.5, 0.6) is 11.5 Å². The van der Waals surface area contributed by atoms with Crippen molar-refractivity contribution in [1.29, 1.82) is 0 Å². The van der Waals surface area contributed by atoms with Gasteiger partial charge in [-0.1, -0.05) is 6.92 Å². The first-order chi connectivity index (χ1) is 9.28. The fraction of sp³-hybridized carbons (Fsp3) is 0.600. The Morgan fingerprint density at radius 3 is 2.74 bits per heavy atom. The Morgan fingerprint density at radius 2 is 2.05 bits per heavy atom. The third-order valence-corrected chi connectivity index (χ3v) is 3.70. The lowest BCUT2D eigenvalue weighted by Crippen LogP contribution is -2.37. The molecule has 0 bridgehead atoms. The zero-order valence-corrected chi connectivity index (χ0v) is 12.1. The minimum Gasteiger partial charge on any atom is -0.493 e. The highest BCUT2D eigenvalue weighted by molar-refractivity contribution is 5.56. The Morgan fingerprint density at radius 1 is 1.26 bits per heavy atom.